The quantitative estimate of drug-likeness (QED) is 0.300. The maximum atomic E-state index is 12.8. The van der Waals surface area contributed by atoms with E-state index >= 15 is 0 Å². The molecule has 5 aromatic rings. The van der Waals surface area contributed by atoms with Crippen LogP contribution < -0.4 is 0 Å². The first-order valence-electron chi connectivity index (χ1n) is 9.39. The number of Topliss-reactive ketones (excluding diaryl/α,β-unsaturated/α-hetero) is 1. The van der Waals surface area contributed by atoms with Crippen LogP contribution in [0.4, 0.5) is 0 Å². The van der Waals surface area contributed by atoms with Crippen molar-refractivity contribution in [3.05, 3.63) is 66.0 Å². The van der Waals surface area contributed by atoms with Crippen molar-refractivity contribution in [2.75, 3.05) is 5.75 Å². The minimum atomic E-state index is 0.0290. The summed E-state index contributed by atoms with van der Waals surface area (Å²) < 4.78 is 5.79. The fourth-order valence-corrected chi connectivity index (χ4v) is 4.22. The number of thioether (sulfide) groups is 1. The van der Waals surface area contributed by atoms with E-state index in [0.717, 1.165) is 33.8 Å². The number of aromatic nitrogens is 4. The number of nitrogens with zero attached hydrogens (tertiary/aromatic N) is 2. The monoisotopic (exact) mass is 402 g/mol. The molecule has 0 saturated heterocycles. The molecule has 0 spiro atoms. The van der Waals surface area contributed by atoms with Gasteiger partial charge in [0.15, 0.2) is 5.78 Å². The summed E-state index contributed by atoms with van der Waals surface area (Å²) in [6.45, 7) is 2.10. The molecule has 5 rings (SSSR count). The summed E-state index contributed by atoms with van der Waals surface area (Å²) in [6.07, 6.45) is 4.56. The van der Waals surface area contributed by atoms with Gasteiger partial charge in [-0.3, -0.25) is 4.79 Å². The van der Waals surface area contributed by atoms with Crippen molar-refractivity contribution >= 4 is 39.4 Å². The molecule has 0 aliphatic carbocycles. The Morgan fingerprint density at radius 2 is 1.90 bits per heavy atom. The number of fused-ring (bicyclic) bond motifs is 2. The molecule has 7 heteroatoms. The summed E-state index contributed by atoms with van der Waals surface area (Å²) in [5.41, 5.74) is 4.79. The van der Waals surface area contributed by atoms with Crippen LogP contribution in [-0.4, -0.2) is 31.7 Å². The van der Waals surface area contributed by atoms with E-state index in [1.54, 1.807) is 6.20 Å². The first-order valence-corrected chi connectivity index (χ1v) is 10.4. The Hall–Kier alpha value is -3.32. The van der Waals surface area contributed by atoms with Gasteiger partial charge in [-0.25, -0.2) is 0 Å². The predicted molar refractivity (Wildman–Crippen MR) is 114 cm³/mol. The minimum absolute atomic E-state index is 0.0290. The SMILES string of the molecule is CCc1cccc2c(C(=O)CSc3nnc(-c4c[nH]c5ccccc45)o3)c[nH]c12. The van der Waals surface area contributed by atoms with Gasteiger partial charge in [0.25, 0.3) is 11.1 Å². The first kappa shape index (κ1) is 17.8. The number of para-hydroxylation sites is 2. The van der Waals surface area contributed by atoms with Crippen molar-refractivity contribution in [2.45, 2.75) is 18.6 Å². The first-order chi connectivity index (χ1) is 14.2. The lowest BCUT2D eigenvalue weighted by Gasteiger charge is -2.00. The van der Waals surface area contributed by atoms with Crippen molar-refractivity contribution in [3.8, 4) is 11.5 Å². The molecule has 3 aromatic heterocycles. The maximum Gasteiger partial charge on any atom is 0.277 e. The number of carbonyl (C=O) groups is 1. The molecule has 0 radical (unpaired) electrons. The van der Waals surface area contributed by atoms with Crippen molar-refractivity contribution < 1.29 is 9.21 Å². The lowest BCUT2D eigenvalue weighted by molar-refractivity contribution is 0.102. The highest BCUT2D eigenvalue weighted by atomic mass is 32.2. The van der Waals surface area contributed by atoms with Crippen LogP contribution in [0, 0.1) is 0 Å². The molecule has 0 aliphatic rings. The second-order valence-corrected chi connectivity index (χ2v) is 7.66. The van der Waals surface area contributed by atoms with Gasteiger partial charge in [0, 0.05) is 39.8 Å². The molecule has 6 nitrogen and oxygen atoms in total. The Labute approximate surface area is 170 Å². The molecular formula is C22H18N4O2S. The molecule has 29 heavy (non-hydrogen) atoms. The van der Waals surface area contributed by atoms with Gasteiger partial charge in [-0.15, -0.1) is 10.2 Å². The zero-order valence-electron chi connectivity index (χ0n) is 15.7. The predicted octanol–water partition coefficient (Wildman–Crippen LogP) is 5.24. The third kappa shape index (κ3) is 3.13. The number of aryl methyl sites for hydroxylation is 1. The number of carbonyl (C=O) groups excluding carboxylic acids is 1. The molecule has 0 amide bonds. The molecular weight excluding hydrogens is 384 g/mol. The number of H-pyrrole nitrogens is 2. The second kappa shape index (κ2) is 7.25. The van der Waals surface area contributed by atoms with Crippen LogP contribution in [0.5, 0.6) is 0 Å². The van der Waals surface area contributed by atoms with Gasteiger partial charge >= 0.3 is 0 Å². The summed E-state index contributed by atoms with van der Waals surface area (Å²) >= 11 is 1.25. The number of ketones is 1. The molecule has 0 fully saturated rings. The third-order valence-corrected chi connectivity index (χ3v) is 5.85. The highest BCUT2D eigenvalue weighted by molar-refractivity contribution is 7.99. The Morgan fingerprint density at radius 1 is 1.03 bits per heavy atom. The largest absolute Gasteiger partial charge is 0.411 e. The normalized spacial score (nSPS) is 11.5. The van der Waals surface area contributed by atoms with Crippen LogP contribution in [0.1, 0.15) is 22.8 Å². The maximum absolute atomic E-state index is 12.8. The number of hydrogen-bond donors (Lipinski definition) is 2. The fourth-order valence-electron chi connectivity index (χ4n) is 3.57. The van der Waals surface area contributed by atoms with Gasteiger partial charge in [0.2, 0.25) is 0 Å². The Morgan fingerprint density at radius 3 is 2.79 bits per heavy atom. The molecule has 0 atom stereocenters. The van der Waals surface area contributed by atoms with Crippen LogP contribution in [-0.2, 0) is 6.42 Å². The molecule has 0 bridgehead atoms. The Balaban J connectivity index is 1.34. The van der Waals surface area contributed by atoms with E-state index in [9.17, 15) is 4.79 Å². The summed E-state index contributed by atoms with van der Waals surface area (Å²) in [7, 11) is 0. The van der Waals surface area contributed by atoms with Crippen LogP contribution in [0.2, 0.25) is 0 Å². The number of rotatable bonds is 6. The Kier molecular flexibility index (Phi) is 4.44. The highest BCUT2D eigenvalue weighted by Crippen LogP contribution is 2.30. The molecule has 144 valence electrons. The topological polar surface area (TPSA) is 87.6 Å². The molecule has 2 N–H and O–H groups in total. The zero-order chi connectivity index (χ0) is 19.8. The summed E-state index contributed by atoms with van der Waals surface area (Å²) in [5.74, 6) is 0.706. The number of nitrogens with one attached hydrogen (secondary N) is 2. The van der Waals surface area contributed by atoms with E-state index in [1.807, 2.05) is 42.6 Å². The van der Waals surface area contributed by atoms with Crippen molar-refractivity contribution in [1.29, 1.82) is 0 Å². The minimum Gasteiger partial charge on any atom is -0.411 e. The number of aromatic amines is 2. The van der Waals surface area contributed by atoms with Crippen molar-refractivity contribution in [3.63, 3.8) is 0 Å². The average Bonchev–Trinajstić information content (AvgIpc) is 3.49. The average molecular weight is 402 g/mol. The molecule has 3 heterocycles. The molecule has 2 aromatic carbocycles. The lowest BCUT2D eigenvalue weighted by Crippen LogP contribution is -2.01. The fraction of sp³-hybridized carbons (Fsp3) is 0.136. The van der Waals surface area contributed by atoms with E-state index in [1.165, 1.54) is 17.3 Å². The molecule has 0 aliphatic heterocycles. The van der Waals surface area contributed by atoms with E-state index in [0.29, 0.717) is 16.7 Å². The van der Waals surface area contributed by atoms with E-state index in [-0.39, 0.29) is 11.5 Å². The lowest BCUT2D eigenvalue weighted by atomic mass is 10.1. The second-order valence-electron chi connectivity index (χ2n) is 6.73. The van der Waals surface area contributed by atoms with Gasteiger partial charge in [-0.2, -0.15) is 0 Å². The van der Waals surface area contributed by atoms with Gasteiger partial charge in [0.1, 0.15) is 0 Å². The van der Waals surface area contributed by atoms with Gasteiger partial charge in [-0.05, 0) is 18.1 Å². The van der Waals surface area contributed by atoms with Crippen LogP contribution in [0.15, 0.2) is 64.5 Å². The third-order valence-electron chi connectivity index (χ3n) is 5.04. The summed E-state index contributed by atoms with van der Waals surface area (Å²) in [4.78, 5) is 19.2. The van der Waals surface area contributed by atoms with Crippen LogP contribution >= 0.6 is 11.8 Å². The zero-order valence-corrected chi connectivity index (χ0v) is 16.5. The van der Waals surface area contributed by atoms with Gasteiger partial charge < -0.3 is 14.4 Å². The smallest absolute Gasteiger partial charge is 0.277 e. The van der Waals surface area contributed by atoms with E-state index < -0.39 is 0 Å². The van der Waals surface area contributed by atoms with Crippen molar-refractivity contribution in [1.82, 2.24) is 20.2 Å². The summed E-state index contributed by atoms with van der Waals surface area (Å²) in [6, 6.07) is 14.0. The van der Waals surface area contributed by atoms with Crippen molar-refractivity contribution in [2.24, 2.45) is 0 Å². The van der Waals surface area contributed by atoms with Crippen LogP contribution in [0.3, 0.4) is 0 Å². The summed E-state index contributed by atoms with van der Waals surface area (Å²) in [5, 5.41) is 10.6. The van der Waals surface area contributed by atoms with Gasteiger partial charge in [-0.1, -0.05) is 55.1 Å². The highest BCUT2D eigenvalue weighted by Gasteiger charge is 2.17. The van der Waals surface area contributed by atoms with E-state index in [4.69, 9.17) is 4.42 Å². The molecule has 0 saturated carbocycles. The van der Waals surface area contributed by atoms with Crippen LogP contribution in [0.25, 0.3) is 33.3 Å². The standard InChI is InChI=1S/C22H18N4O2S/c1-2-13-6-5-8-15-16(10-24-20(13)15)19(27)12-29-22-26-25-21(28-22)17-11-23-18-9-4-3-7-14(17)18/h3-11,23-24H,2,12H2,1H3. The Bertz CT molecular complexity index is 1330. The van der Waals surface area contributed by atoms with Gasteiger partial charge in [0.05, 0.1) is 11.3 Å². The number of hydrogen-bond acceptors (Lipinski definition) is 5. The molecule has 0 unspecified atom stereocenters. The van der Waals surface area contributed by atoms with E-state index in [2.05, 4.69) is 33.2 Å². The number of benzene rings is 2.